The van der Waals surface area contributed by atoms with Gasteiger partial charge in [-0.3, -0.25) is 4.79 Å². The van der Waals surface area contributed by atoms with Gasteiger partial charge in [0.05, 0.1) is 12.2 Å². The average molecular weight is 288 g/mol. The van der Waals surface area contributed by atoms with Gasteiger partial charge in [0, 0.05) is 19.8 Å². The topological polar surface area (TPSA) is 55.8 Å². The maximum absolute atomic E-state index is 11.0. The van der Waals surface area contributed by atoms with Crippen molar-refractivity contribution in [2.24, 2.45) is 0 Å². The molecule has 0 spiro atoms. The fourth-order valence-electron chi connectivity index (χ4n) is 2.21. The molecule has 0 bridgehead atoms. The lowest BCUT2D eigenvalue weighted by atomic mass is 9.92. The Bertz CT molecular complexity index is 322. The van der Waals surface area contributed by atoms with E-state index in [0.29, 0.717) is 19.3 Å². The molecular formula is C14H28O4Si. The fourth-order valence-corrected chi connectivity index (χ4v) is 3.59. The van der Waals surface area contributed by atoms with Crippen LogP contribution in [0.2, 0.25) is 18.1 Å². The number of hydrogen-bond acceptors (Lipinski definition) is 4. The van der Waals surface area contributed by atoms with Crippen LogP contribution in [-0.2, 0) is 14.0 Å². The Hall–Kier alpha value is -0.393. The van der Waals surface area contributed by atoms with Crippen molar-refractivity contribution in [2.45, 2.75) is 83.4 Å². The van der Waals surface area contributed by atoms with Crippen molar-refractivity contribution < 1.29 is 19.1 Å². The highest BCUT2D eigenvalue weighted by Gasteiger charge is 2.41. The number of hydrogen-bond donors (Lipinski definition) is 1. The van der Waals surface area contributed by atoms with E-state index in [1.807, 2.05) is 0 Å². The van der Waals surface area contributed by atoms with Crippen LogP contribution in [-0.4, -0.2) is 37.7 Å². The second kappa shape index (κ2) is 5.93. The van der Waals surface area contributed by atoms with Crippen LogP contribution in [0.3, 0.4) is 0 Å². The smallest absolute Gasteiger partial charge is 0.302 e. The molecule has 1 N–H and O–H groups in total. The molecule has 1 aliphatic rings. The van der Waals surface area contributed by atoms with E-state index in [4.69, 9.17) is 9.16 Å². The summed E-state index contributed by atoms with van der Waals surface area (Å²) in [5.41, 5.74) is 0. The Labute approximate surface area is 117 Å². The summed E-state index contributed by atoms with van der Waals surface area (Å²) in [6, 6.07) is 0. The Morgan fingerprint density at radius 1 is 1.16 bits per heavy atom. The van der Waals surface area contributed by atoms with Crippen molar-refractivity contribution in [3.05, 3.63) is 0 Å². The van der Waals surface area contributed by atoms with Crippen molar-refractivity contribution in [3.8, 4) is 0 Å². The molecule has 1 saturated carbocycles. The van der Waals surface area contributed by atoms with Crippen molar-refractivity contribution >= 4 is 14.3 Å². The zero-order chi connectivity index (χ0) is 14.8. The summed E-state index contributed by atoms with van der Waals surface area (Å²) in [6.45, 7) is 12.4. The summed E-state index contributed by atoms with van der Waals surface area (Å²) < 4.78 is 11.5. The number of rotatable bonds is 3. The van der Waals surface area contributed by atoms with Gasteiger partial charge in [0.2, 0.25) is 0 Å². The van der Waals surface area contributed by atoms with Crippen LogP contribution in [0.15, 0.2) is 0 Å². The molecule has 0 aromatic heterocycles. The molecule has 1 aliphatic carbocycles. The third kappa shape index (κ3) is 4.89. The largest absolute Gasteiger partial charge is 0.462 e. The summed E-state index contributed by atoms with van der Waals surface area (Å²) in [7, 11) is -1.84. The van der Waals surface area contributed by atoms with Crippen molar-refractivity contribution in [1.82, 2.24) is 0 Å². The molecule has 19 heavy (non-hydrogen) atoms. The van der Waals surface area contributed by atoms with Crippen LogP contribution in [0.5, 0.6) is 0 Å². The monoisotopic (exact) mass is 288 g/mol. The molecule has 0 aliphatic heterocycles. The highest BCUT2D eigenvalue weighted by Crippen LogP contribution is 2.39. The van der Waals surface area contributed by atoms with Gasteiger partial charge in [0.15, 0.2) is 8.32 Å². The molecule has 3 atom stereocenters. The van der Waals surface area contributed by atoms with Gasteiger partial charge >= 0.3 is 5.97 Å². The van der Waals surface area contributed by atoms with E-state index >= 15 is 0 Å². The van der Waals surface area contributed by atoms with Crippen molar-refractivity contribution in [3.63, 3.8) is 0 Å². The Balaban J connectivity index is 2.65. The van der Waals surface area contributed by atoms with Gasteiger partial charge < -0.3 is 14.3 Å². The maximum Gasteiger partial charge on any atom is 0.302 e. The minimum absolute atomic E-state index is 0.00556. The van der Waals surface area contributed by atoms with Crippen LogP contribution in [0.4, 0.5) is 0 Å². The van der Waals surface area contributed by atoms with Crippen molar-refractivity contribution in [1.29, 1.82) is 0 Å². The van der Waals surface area contributed by atoms with E-state index in [-0.39, 0.29) is 23.2 Å². The highest BCUT2D eigenvalue weighted by molar-refractivity contribution is 6.74. The lowest BCUT2D eigenvalue weighted by molar-refractivity contribution is -0.151. The normalized spacial score (nSPS) is 29.1. The van der Waals surface area contributed by atoms with E-state index < -0.39 is 14.4 Å². The van der Waals surface area contributed by atoms with Gasteiger partial charge in [-0.05, 0) is 24.6 Å². The van der Waals surface area contributed by atoms with Crippen LogP contribution >= 0.6 is 0 Å². The number of esters is 1. The number of aliphatic hydroxyl groups is 1. The fraction of sp³-hybridized carbons (Fsp3) is 0.929. The molecule has 112 valence electrons. The molecular weight excluding hydrogens is 260 g/mol. The SMILES string of the molecule is CC(=O)O[C@@H]1C[C@H](O)C[C@@H](O[Si](C)(C)C(C)(C)C)C1. The Kier molecular flexibility index (Phi) is 5.20. The molecule has 5 heteroatoms. The molecule has 4 nitrogen and oxygen atoms in total. The van der Waals surface area contributed by atoms with Crippen molar-refractivity contribution in [2.75, 3.05) is 0 Å². The molecule has 0 saturated heterocycles. The zero-order valence-corrected chi connectivity index (χ0v) is 14.0. The first-order valence-electron chi connectivity index (χ1n) is 7.04. The zero-order valence-electron chi connectivity index (χ0n) is 13.0. The summed E-state index contributed by atoms with van der Waals surface area (Å²) >= 11 is 0. The van der Waals surface area contributed by atoms with Gasteiger partial charge in [-0.2, -0.15) is 0 Å². The van der Waals surface area contributed by atoms with Crippen LogP contribution < -0.4 is 0 Å². The van der Waals surface area contributed by atoms with Gasteiger partial charge in [-0.15, -0.1) is 0 Å². The third-order valence-electron chi connectivity index (χ3n) is 4.20. The number of aliphatic hydroxyl groups excluding tert-OH is 1. The second-order valence-electron chi connectivity index (χ2n) is 7.09. The molecule has 0 heterocycles. The highest BCUT2D eigenvalue weighted by atomic mass is 28.4. The van der Waals surface area contributed by atoms with Gasteiger partial charge in [-0.1, -0.05) is 20.8 Å². The van der Waals surface area contributed by atoms with Gasteiger partial charge in [-0.25, -0.2) is 0 Å². The van der Waals surface area contributed by atoms with Crippen LogP contribution in [0.1, 0.15) is 47.0 Å². The average Bonchev–Trinajstić information content (AvgIpc) is 2.11. The van der Waals surface area contributed by atoms with E-state index in [2.05, 4.69) is 33.9 Å². The lowest BCUT2D eigenvalue weighted by Gasteiger charge is -2.42. The van der Waals surface area contributed by atoms with Gasteiger partial charge in [0.1, 0.15) is 6.10 Å². The molecule has 0 amide bonds. The number of ether oxygens (including phenoxy) is 1. The lowest BCUT2D eigenvalue weighted by Crippen LogP contribution is -2.47. The number of carbonyl (C=O) groups is 1. The summed E-state index contributed by atoms with van der Waals surface area (Å²) in [6.07, 6.45) is 1.21. The summed E-state index contributed by atoms with van der Waals surface area (Å²) in [5, 5.41) is 10.1. The quantitative estimate of drug-likeness (QED) is 0.641. The predicted molar refractivity (Wildman–Crippen MR) is 77.5 cm³/mol. The second-order valence-corrected chi connectivity index (χ2v) is 11.8. The molecule has 0 radical (unpaired) electrons. The van der Waals surface area contributed by atoms with E-state index in [1.165, 1.54) is 6.92 Å². The standard InChI is InChI=1S/C14H28O4Si/c1-10(15)17-12-7-11(16)8-13(9-12)18-19(5,6)14(2,3)4/h11-13,16H,7-9H2,1-6H3/t11-,12+,13+/m0/s1. The molecule has 0 unspecified atom stereocenters. The molecule has 1 rings (SSSR count). The Morgan fingerprint density at radius 3 is 2.16 bits per heavy atom. The van der Waals surface area contributed by atoms with Crippen LogP contribution in [0.25, 0.3) is 0 Å². The molecule has 0 aromatic rings. The van der Waals surface area contributed by atoms with E-state index in [0.717, 1.165) is 0 Å². The van der Waals surface area contributed by atoms with E-state index in [9.17, 15) is 9.90 Å². The van der Waals surface area contributed by atoms with Crippen LogP contribution in [0, 0.1) is 0 Å². The molecule has 0 aromatic carbocycles. The minimum Gasteiger partial charge on any atom is -0.462 e. The predicted octanol–water partition coefficient (Wildman–Crippen LogP) is 2.85. The third-order valence-corrected chi connectivity index (χ3v) is 8.73. The van der Waals surface area contributed by atoms with E-state index in [1.54, 1.807) is 0 Å². The molecule has 1 fully saturated rings. The summed E-state index contributed by atoms with van der Waals surface area (Å²) in [4.78, 5) is 11.0. The first-order chi connectivity index (χ1) is 8.51. The minimum atomic E-state index is -1.84. The maximum atomic E-state index is 11.0. The summed E-state index contributed by atoms with van der Waals surface area (Å²) in [5.74, 6) is -0.287. The van der Waals surface area contributed by atoms with Gasteiger partial charge in [0.25, 0.3) is 0 Å². The first-order valence-corrected chi connectivity index (χ1v) is 9.95. The number of carbonyl (C=O) groups excluding carboxylic acids is 1. The Morgan fingerprint density at radius 2 is 1.68 bits per heavy atom. The first kappa shape index (κ1) is 16.7.